The van der Waals surface area contributed by atoms with E-state index >= 15 is 0 Å². The van der Waals surface area contributed by atoms with Crippen molar-refractivity contribution in [1.29, 1.82) is 0 Å². The van der Waals surface area contributed by atoms with Crippen LogP contribution < -0.4 is 5.32 Å². The van der Waals surface area contributed by atoms with Gasteiger partial charge >= 0.3 is 0 Å². The Morgan fingerprint density at radius 1 is 1.32 bits per heavy atom. The van der Waals surface area contributed by atoms with Crippen molar-refractivity contribution >= 4 is 0 Å². The minimum atomic E-state index is 0.607. The first-order valence-corrected chi connectivity index (χ1v) is 7.70. The third-order valence-corrected chi connectivity index (χ3v) is 4.45. The molecule has 0 aromatic heterocycles. The van der Waals surface area contributed by atoms with Crippen LogP contribution in [0.2, 0.25) is 0 Å². The highest BCUT2D eigenvalue weighted by atomic mass is 15.1. The highest BCUT2D eigenvalue weighted by Gasteiger charge is 2.23. The van der Waals surface area contributed by atoms with Gasteiger partial charge in [-0.25, -0.2) is 0 Å². The van der Waals surface area contributed by atoms with E-state index in [0.29, 0.717) is 6.04 Å². The van der Waals surface area contributed by atoms with Crippen LogP contribution in [0.1, 0.15) is 37.8 Å². The molecule has 0 amide bonds. The van der Waals surface area contributed by atoms with E-state index in [1.165, 1.54) is 43.6 Å². The standard InChI is InChI=1S/C17H28N2/c1-4-19-11-5-6-17(13-19)15(3)18-12-16-9-7-14(2)8-10-16/h7-10,15,17-18H,4-6,11-13H2,1-3H3. The average Bonchev–Trinajstić information content (AvgIpc) is 2.46. The number of likely N-dealkylation sites (tertiary alicyclic amines) is 1. The molecule has 2 atom stereocenters. The molecule has 0 radical (unpaired) electrons. The summed E-state index contributed by atoms with van der Waals surface area (Å²) in [6.07, 6.45) is 2.73. The molecule has 0 saturated carbocycles. The summed E-state index contributed by atoms with van der Waals surface area (Å²) in [6.45, 7) is 11.5. The van der Waals surface area contributed by atoms with Gasteiger partial charge in [0, 0.05) is 19.1 Å². The molecule has 0 spiro atoms. The third-order valence-electron chi connectivity index (χ3n) is 4.45. The van der Waals surface area contributed by atoms with Crippen molar-refractivity contribution in [3.05, 3.63) is 35.4 Å². The number of hydrogen-bond acceptors (Lipinski definition) is 2. The second-order valence-electron chi connectivity index (χ2n) is 5.95. The molecule has 1 aliphatic heterocycles. The van der Waals surface area contributed by atoms with E-state index in [9.17, 15) is 0 Å². The van der Waals surface area contributed by atoms with Gasteiger partial charge in [-0.1, -0.05) is 36.8 Å². The van der Waals surface area contributed by atoms with E-state index in [-0.39, 0.29) is 0 Å². The summed E-state index contributed by atoms with van der Waals surface area (Å²) in [5.41, 5.74) is 2.73. The zero-order valence-electron chi connectivity index (χ0n) is 12.7. The van der Waals surface area contributed by atoms with Gasteiger partial charge in [0.2, 0.25) is 0 Å². The quantitative estimate of drug-likeness (QED) is 0.874. The predicted octanol–water partition coefficient (Wildman–Crippen LogP) is 3.21. The first-order chi connectivity index (χ1) is 9.19. The smallest absolute Gasteiger partial charge is 0.0208 e. The van der Waals surface area contributed by atoms with E-state index in [4.69, 9.17) is 0 Å². The molecule has 2 unspecified atom stereocenters. The summed E-state index contributed by atoms with van der Waals surface area (Å²) in [5, 5.41) is 3.71. The van der Waals surface area contributed by atoms with E-state index in [1.807, 2.05) is 0 Å². The van der Waals surface area contributed by atoms with Crippen LogP contribution in [-0.2, 0) is 6.54 Å². The number of nitrogens with zero attached hydrogens (tertiary/aromatic N) is 1. The lowest BCUT2D eigenvalue weighted by molar-refractivity contribution is 0.157. The number of hydrogen-bond donors (Lipinski definition) is 1. The molecule has 1 heterocycles. The second kappa shape index (κ2) is 7.06. The summed E-state index contributed by atoms with van der Waals surface area (Å²) in [5.74, 6) is 0.805. The van der Waals surface area contributed by atoms with Crippen LogP contribution >= 0.6 is 0 Å². The fourth-order valence-corrected chi connectivity index (χ4v) is 2.94. The van der Waals surface area contributed by atoms with Gasteiger partial charge in [-0.2, -0.15) is 0 Å². The molecule has 1 fully saturated rings. The molecule has 2 heteroatoms. The largest absolute Gasteiger partial charge is 0.310 e. The van der Waals surface area contributed by atoms with Gasteiger partial charge in [0.15, 0.2) is 0 Å². The van der Waals surface area contributed by atoms with Crippen LogP contribution in [0.5, 0.6) is 0 Å². The normalized spacial score (nSPS) is 22.4. The number of nitrogens with one attached hydrogen (secondary N) is 1. The van der Waals surface area contributed by atoms with E-state index < -0.39 is 0 Å². The maximum Gasteiger partial charge on any atom is 0.0208 e. The maximum atomic E-state index is 3.71. The third kappa shape index (κ3) is 4.32. The fraction of sp³-hybridized carbons (Fsp3) is 0.647. The van der Waals surface area contributed by atoms with Crippen LogP contribution in [-0.4, -0.2) is 30.6 Å². The minimum Gasteiger partial charge on any atom is -0.310 e. The van der Waals surface area contributed by atoms with Gasteiger partial charge < -0.3 is 10.2 Å². The minimum absolute atomic E-state index is 0.607. The van der Waals surface area contributed by atoms with E-state index in [2.05, 4.69) is 55.3 Å². The Hall–Kier alpha value is -0.860. The van der Waals surface area contributed by atoms with Gasteiger partial charge in [-0.3, -0.25) is 0 Å². The lowest BCUT2D eigenvalue weighted by atomic mass is 9.91. The van der Waals surface area contributed by atoms with Crippen LogP contribution in [0.3, 0.4) is 0 Å². The van der Waals surface area contributed by atoms with Crippen LogP contribution in [0.25, 0.3) is 0 Å². The van der Waals surface area contributed by atoms with Gasteiger partial charge in [-0.05, 0) is 51.3 Å². The Morgan fingerprint density at radius 2 is 2.05 bits per heavy atom. The van der Waals surface area contributed by atoms with Crippen molar-refractivity contribution < 1.29 is 0 Å². The summed E-state index contributed by atoms with van der Waals surface area (Å²) in [6, 6.07) is 9.46. The molecular weight excluding hydrogens is 232 g/mol. The van der Waals surface area contributed by atoms with Gasteiger partial charge in [-0.15, -0.1) is 0 Å². The molecule has 0 aliphatic carbocycles. The van der Waals surface area contributed by atoms with Crippen molar-refractivity contribution in [2.45, 2.75) is 46.2 Å². The average molecular weight is 260 g/mol. The first kappa shape index (κ1) is 14.5. The van der Waals surface area contributed by atoms with Crippen LogP contribution in [0.4, 0.5) is 0 Å². The highest BCUT2D eigenvalue weighted by Crippen LogP contribution is 2.19. The molecule has 1 N–H and O–H groups in total. The van der Waals surface area contributed by atoms with Crippen molar-refractivity contribution in [2.75, 3.05) is 19.6 Å². The summed E-state index contributed by atoms with van der Waals surface area (Å²) in [7, 11) is 0. The van der Waals surface area contributed by atoms with Crippen LogP contribution in [0, 0.1) is 12.8 Å². The van der Waals surface area contributed by atoms with Crippen molar-refractivity contribution in [2.24, 2.45) is 5.92 Å². The van der Waals surface area contributed by atoms with Crippen molar-refractivity contribution in [3.8, 4) is 0 Å². The van der Waals surface area contributed by atoms with Crippen molar-refractivity contribution in [1.82, 2.24) is 10.2 Å². The van der Waals surface area contributed by atoms with Crippen LogP contribution in [0.15, 0.2) is 24.3 Å². The molecular formula is C17H28N2. The molecule has 106 valence electrons. The summed E-state index contributed by atoms with van der Waals surface area (Å²) in [4.78, 5) is 2.58. The molecule has 19 heavy (non-hydrogen) atoms. The number of piperidine rings is 1. The molecule has 2 rings (SSSR count). The SMILES string of the molecule is CCN1CCCC(C(C)NCc2ccc(C)cc2)C1. The van der Waals surface area contributed by atoms with Gasteiger partial charge in [0.1, 0.15) is 0 Å². The Labute approximate surface area is 118 Å². The molecule has 0 bridgehead atoms. The molecule has 1 aliphatic rings. The summed E-state index contributed by atoms with van der Waals surface area (Å²) < 4.78 is 0. The summed E-state index contributed by atoms with van der Waals surface area (Å²) >= 11 is 0. The number of aryl methyl sites for hydroxylation is 1. The second-order valence-corrected chi connectivity index (χ2v) is 5.95. The zero-order valence-corrected chi connectivity index (χ0v) is 12.7. The number of benzene rings is 1. The molecule has 1 saturated heterocycles. The lowest BCUT2D eigenvalue weighted by Gasteiger charge is -2.35. The predicted molar refractivity (Wildman–Crippen MR) is 82.3 cm³/mol. The Bertz CT molecular complexity index is 371. The molecule has 1 aromatic rings. The fourth-order valence-electron chi connectivity index (χ4n) is 2.94. The lowest BCUT2D eigenvalue weighted by Crippen LogP contribution is -2.44. The molecule has 1 aromatic carbocycles. The topological polar surface area (TPSA) is 15.3 Å². The van der Waals surface area contributed by atoms with Gasteiger partial charge in [0.25, 0.3) is 0 Å². The monoisotopic (exact) mass is 260 g/mol. The highest BCUT2D eigenvalue weighted by molar-refractivity contribution is 5.21. The zero-order chi connectivity index (χ0) is 13.7. The van der Waals surface area contributed by atoms with Crippen molar-refractivity contribution in [3.63, 3.8) is 0 Å². The number of rotatable bonds is 5. The Balaban J connectivity index is 1.80. The Morgan fingerprint density at radius 3 is 2.74 bits per heavy atom. The van der Waals surface area contributed by atoms with E-state index in [1.54, 1.807) is 0 Å². The maximum absolute atomic E-state index is 3.71. The van der Waals surface area contributed by atoms with Gasteiger partial charge in [0.05, 0.1) is 0 Å². The van der Waals surface area contributed by atoms with E-state index in [0.717, 1.165) is 12.5 Å². The Kier molecular flexibility index (Phi) is 5.41. The molecule has 2 nitrogen and oxygen atoms in total. The first-order valence-electron chi connectivity index (χ1n) is 7.70.